The quantitative estimate of drug-likeness (QED) is 0.644. The van der Waals surface area contributed by atoms with Crippen molar-refractivity contribution >= 4 is 5.78 Å². The van der Waals surface area contributed by atoms with Crippen molar-refractivity contribution in [2.45, 2.75) is 104 Å². The molecule has 0 spiro atoms. The third kappa shape index (κ3) is 4.97. The number of Topliss-reactive ketones (excluding diaryl/α,β-unsaturated/α-hetero) is 1. The Morgan fingerprint density at radius 3 is 2.61 bits per heavy atom. The fourth-order valence-corrected chi connectivity index (χ4v) is 6.62. The minimum Gasteiger partial charge on any atom is -0.393 e. The molecule has 3 heteroatoms. The van der Waals surface area contributed by atoms with E-state index < -0.39 is 12.2 Å². The smallest absolute Gasteiger partial charge is 0.129 e. The Labute approximate surface area is 171 Å². The van der Waals surface area contributed by atoms with Gasteiger partial charge in [0.1, 0.15) is 5.78 Å². The van der Waals surface area contributed by atoms with E-state index in [1.807, 2.05) is 0 Å². The molecule has 3 saturated carbocycles. The van der Waals surface area contributed by atoms with E-state index in [4.69, 9.17) is 0 Å². The molecule has 2 N–H and O–H groups in total. The Morgan fingerprint density at radius 1 is 1.21 bits per heavy atom. The molecule has 0 saturated heterocycles. The number of fused-ring (bicyclic) bond motifs is 1. The monoisotopic (exact) mass is 388 g/mol. The number of rotatable bonds is 6. The molecule has 3 aliphatic carbocycles. The van der Waals surface area contributed by atoms with E-state index in [9.17, 15) is 15.0 Å². The van der Waals surface area contributed by atoms with Gasteiger partial charge in [-0.05, 0) is 87.9 Å². The highest BCUT2D eigenvalue weighted by atomic mass is 16.3. The number of ketones is 1. The summed E-state index contributed by atoms with van der Waals surface area (Å²) in [4.78, 5) is 11.3. The number of allylic oxidation sites excluding steroid dienone is 3. The average Bonchev–Trinajstić information content (AvgIpc) is 2.96. The third-order valence-corrected chi connectivity index (χ3v) is 7.99. The van der Waals surface area contributed by atoms with Gasteiger partial charge < -0.3 is 15.0 Å². The van der Waals surface area contributed by atoms with E-state index in [1.54, 1.807) is 12.5 Å². The summed E-state index contributed by atoms with van der Waals surface area (Å²) in [5, 5.41) is 19.9. The molecule has 0 aliphatic heterocycles. The van der Waals surface area contributed by atoms with Crippen molar-refractivity contribution in [3.8, 4) is 0 Å². The lowest BCUT2D eigenvalue weighted by Gasteiger charge is -2.44. The summed E-state index contributed by atoms with van der Waals surface area (Å²) in [6.07, 6.45) is 15.0. The highest BCUT2D eigenvalue weighted by Crippen LogP contribution is 2.59. The number of carbonyl (C=O) groups excluding carboxylic acids is 1. The predicted molar refractivity (Wildman–Crippen MR) is 114 cm³/mol. The summed E-state index contributed by atoms with van der Waals surface area (Å²) >= 11 is 0. The first-order chi connectivity index (χ1) is 13.3. The highest BCUT2D eigenvalue weighted by molar-refractivity contribution is 5.75. The fourth-order valence-electron chi connectivity index (χ4n) is 6.62. The maximum absolute atomic E-state index is 11.3. The Balaban J connectivity index is 1.68. The zero-order chi connectivity index (χ0) is 20.3. The van der Waals surface area contributed by atoms with Crippen molar-refractivity contribution in [1.29, 1.82) is 0 Å². The van der Waals surface area contributed by atoms with E-state index in [0.29, 0.717) is 42.3 Å². The normalized spacial score (nSPS) is 38.3. The van der Waals surface area contributed by atoms with Gasteiger partial charge in [-0.15, -0.1) is 0 Å². The van der Waals surface area contributed by atoms with Gasteiger partial charge in [0.2, 0.25) is 0 Å². The standard InChI is InChI=1S/C25H40O3/c1-17(6-4-7-18(2)26)23-11-12-24-20(8-5-13-25(23,24)3)10-9-19-14-21(27)16-22(28)15-19/h9-10,17,21-24,27-28H,4-8,11-16H2,1-3H3/b20-10+/t17-,21-,22-,23-,24?,25-/m1/s1. The van der Waals surface area contributed by atoms with Crippen molar-refractivity contribution < 1.29 is 15.0 Å². The van der Waals surface area contributed by atoms with Gasteiger partial charge in [-0.2, -0.15) is 0 Å². The minimum atomic E-state index is -0.392. The largest absolute Gasteiger partial charge is 0.393 e. The summed E-state index contributed by atoms with van der Waals surface area (Å²) in [7, 11) is 0. The van der Waals surface area contributed by atoms with E-state index >= 15 is 0 Å². The van der Waals surface area contributed by atoms with Crippen molar-refractivity contribution in [2.75, 3.05) is 0 Å². The Kier molecular flexibility index (Phi) is 7.20. The summed E-state index contributed by atoms with van der Waals surface area (Å²) in [5.41, 5.74) is 3.18. The lowest BCUT2D eigenvalue weighted by molar-refractivity contribution is -0.117. The first-order valence-electron chi connectivity index (χ1n) is 11.5. The van der Waals surface area contributed by atoms with Gasteiger partial charge in [0.15, 0.2) is 0 Å². The summed E-state index contributed by atoms with van der Waals surface area (Å²) in [6.45, 7) is 6.63. The van der Waals surface area contributed by atoms with Gasteiger partial charge in [-0.3, -0.25) is 0 Å². The number of aliphatic hydroxyl groups is 2. The van der Waals surface area contributed by atoms with Gasteiger partial charge in [0.25, 0.3) is 0 Å². The number of hydrogen-bond acceptors (Lipinski definition) is 3. The molecule has 6 atom stereocenters. The molecule has 0 amide bonds. The molecule has 1 unspecified atom stereocenters. The molecule has 3 fully saturated rings. The maximum Gasteiger partial charge on any atom is 0.129 e. The van der Waals surface area contributed by atoms with Crippen molar-refractivity contribution in [3.63, 3.8) is 0 Å². The minimum absolute atomic E-state index is 0.316. The second-order valence-electron chi connectivity index (χ2n) is 10.2. The van der Waals surface area contributed by atoms with E-state index in [1.165, 1.54) is 44.1 Å². The van der Waals surface area contributed by atoms with E-state index in [-0.39, 0.29) is 0 Å². The molecule has 0 aromatic carbocycles. The fraction of sp³-hybridized carbons (Fsp3) is 0.800. The van der Waals surface area contributed by atoms with Crippen LogP contribution in [0.15, 0.2) is 23.3 Å². The van der Waals surface area contributed by atoms with Crippen molar-refractivity contribution in [3.05, 3.63) is 23.3 Å². The van der Waals surface area contributed by atoms with Gasteiger partial charge in [-0.1, -0.05) is 43.6 Å². The second kappa shape index (κ2) is 9.26. The predicted octanol–water partition coefficient (Wildman–Crippen LogP) is 5.36. The van der Waals surface area contributed by atoms with Crippen LogP contribution in [0, 0.1) is 23.2 Å². The molecule has 0 radical (unpaired) electrons. The Bertz CT molecular complexity index is 607. The lowest BCUT2D eigenvalue weighted by atomic mass is 9.60. The third-order valence-electron chi connectivity index (χ3n) is 7.99. The van der Waals surface area contributed by atoms with Gasteiger partial charge in [0.05, 0.1) is 12.2 Å². The average molecular weight is 389 g/mol. The molecular weight excluding hydrogens is 348 g/mol. The summed E-state index contributed by atoms with van der Waals surface area (Å²) in [5.74, 6) is 2.45. The SMILES string of the molecule is CC(=O)CCC[C@@H](C)[C@H]1CCC2/C(=C/C=C3C[C@@H](O)C[C@H](O)C3)CCC[C@@]21C. The number of aliphatic hydroxyl groups excluding tert-OH is 2. The molecule has 3 rings (SSSR count). The van der Waals surface area contributed by atoms with Crippen LogP contribution in [0.1, 0.15) is 91.4 Å². The van der Waals surface area contributed by atoms with Crippen LogP contribution in [-0.2, 0) is 4.79 Å². The topological polar surface area (TPSA) is 57.5 Å². The molecule has 0 aromatic heterocycles. The van der Waals surface area contributed by atoms with Gasteiger partial charge in [0, 0.05) is 6.42 Å². The van der Waals surface area contributed by atoms with Crippen LogP contribution in [0.25, 0.3) is 0 Å². The number of carbonyl (C=O) groups is 1. The molecular formula is C25H40O3. The van der Waals surface area contributed by atoms with Crippen LogP contribution < -0.4 is 0 Å². The molecule has 3 nitrogen and oxygen atoms in total. The molecule has 158 valence electrons. The second-order valence-corrected chi connectivity index (χ2v) is 10.2. The first kappa shape index (κ1) is 21.8. The summed E-state index contributed by atoms with van der Waals surface area (Å²) in [6, 6.07) is 0. The van der Waals surface area contributed by atoms with Crippen molar-refractivity contribution in [2.24, 2.45) is 23.2 Å². The zero-order valence-electron chi connectivity index (χ0n) is 18.1. The number of hydrogen-bond donors (Lipinski definition) is 2. The molecule has 0 bridgehead atoms. The zero-order valence-corrected chi connectivity index (χ0v) is 18.1. The van der Waals surface area contributed by atoms with Crippen LogP contribution in [-0.4, -0.2) is 28.2 Å². The highest BCUT2D eigenvalue weighted by Gasteiger charge is 2.50. The van der Waals surface area contributed by atoms with E-state index in [2.05, 4.69) is 26.0 Å². The Hall–Kier alpha value is -0.930. The van der Waals surface area contributed by atoms with Gasteiger partial charge in [-0.25, -0.2) is 0 Å². The molecule has 0 heterocycles. The Morgan fingerprint density at radius 2 is 1.93 bits per heavy atom. The van der Waals surface area contributed by atoms with Crippen molar-refractivity contribution in [1.82, 2.24) is 0 Å². The van der Waals surface area contributed by atoms with Crippen LogP contribution in [0.5, 0.6) is 0 Å². The maximum atomic E-state index is 11.3. The van der Waals surface area contributed by atoms with Crippen LogP contribution in [0.3, 0.4) is 0 Å². The molecule has 0 aromatic rings. The van der Waals surface area contributed by atoms with Crippen LogP contribution in [0.2, 0.25) is 0 Å². The molecule has 3 aliphatic rings. The molecule has 28 heavy (non-hydrogen) atoms. The lowest BCUT2D eigenvalue weighted by Crippen LogP contribution is -2.36. The van der Waals surface area contributed by atoms with Gasteiger partial charge >= 0.3 is 0 Å². The van der Waals surface area contributed by atoms with Crippen LogP contribution in [0.4, 0.5) is 0 Å². The van der Waals surface area contributed by atoms with Crippen LogP contribution >= 0.6 is 0 Å². The summed E-state index contributed by atoms with van der Waals surface area (Å²) < 4.78 is 0. The van der Waals surface area contributed by atoms with E-state index in [0.717, 1.165) is 18.8 Å². The first-order valence-corrected chi connectivity index (χ1v) is 11.5.